The van der Waals surface area contributed by atoms with Gasteiger partial charge < -0.3 is 19.2 Å². The number of nitrogens with one attached hydrogen (secondary N) is 1. The van der Waals surface area contributed by atoms with Crippen molar-refractivity contribution >= 4 is 45.8 Å². The number of carbonyl (C=O) groups is 2. The molecule has 1 N–H and O–H groups in total. The fourth-order valence-electron chi connectivity index (χ4n) is 3.23. The molecule has 1 aromatic heterocycles. The van der Waals surface area contributed by atoms with Crippen molar-refractivity contribution < 1.29 is 23.5 Å². The molecule has 2 aromatic rings. The summed E-state index contributed by atoms with van der Waals surface area (Å²) >= 11 is 6.03. The van der Waals surface area contributed by atoms with Crippen LogP contribution in [0.2, 0.25) is 5.02 Å². The Morgan fingerprint density at radius 2 is 1.86 bits per heavy atom. The van der Waals surface area contributed by atoms with Crippen molar-refractivity contribution in [2.24, 2.45) is 5.92 Å². The second-order valence-corrected chi connectivity index (χ2v) is 7.86. The average Bonchev–Trinajstić information content (AvgIpc) is 2.93. The maximum absolute atomic E-state index is 13.3. The summed E-state index contributed by atoms with van der Waals surface area (Å²) in [5.41, 5.74) is -0.516. The molecule has 7 nitrogen and oxygen atoms in total. The van der Waals surface area contributed by atoms with E-state index in [4.69, 9.17) is 25.5 Å². The fourth-order valence-corrected chi connectivity index (χ4v) is 3.41. The van der Waals surface area contributed by atoms with Crippen molar-refractivity contribution in [1.82, 2.24) is 5.32 Å². The summed E-state index contributed by atoms with van der Waals surface area (Å²) in [6.07, 6.45) is 0. The molecule has 0 spiro atoms. The van der Waals surface area contributed by atoms with E-state index < -0.39 is 28.8 Å². The fraction of sp³-hybridized carbons (Fsp3) is 0.350. The Morgan fingerprint density at radius 3 is 2.43 bits per heavy atom. The Kier molecular flexibility index (Phi) is 4.97. The van der Waals surface area contributed by atoms with Gasteiger partial charge in [0.25, 0.3) is 0 Å². The molecular weight excluding hydrogens is 386 g/mol. The summed E-state index contributed by atoms with van der Waals surface area (Å²) in [4.78, 5) is 38.4. The minimum atomic E-state index is -1.17. The Balaban J connectivity index is 2.57. The molecule has 8 heteroatoms. The van der Waals surface area contributed by atoms with E-state index in [2.05, 4.69) is 5.32 Å². The number of fused-ring (bicyclic) bond motifs is 2. The van der Waals surface area contributed by atoms with Crippen molar-refractivity contribution in [3.05, 3.63) is 44.1 Å². The van der Waals surface area contributed by atoms with Crippen LogP contribution in [0, 0.1) is 5.92 Å². The lowest BCUT2D eigenvalue weighted by Gasteiger charge is -2.26. The molecule has 1 aromatic carbocycles. The van der Waals surface area contributed by atoms with Gasteiger partial charge in [-0.2, -0.15) is 0 Å². The normalized spacial score (nSPS) is 16.1. The van der Waals surface area contributed by atoms with Gasteiger partial charge >= 0.3 is 11.9 Å². The van der Waals surface area contributed by atoms with Crippen molar-refractivity contribution in [1.29, 1.82) is 0 Å². The van der Waals surface area contributed by atoms with Crippen molar-refractivity contribution in [2.75, 3.05) is 14.2 Å². The van der Waals surface area contributed by atoms with Crippen LogP contribution in [0.5, 0.6) is 0 Å². The first-order valence-electron chi connectivity index (χ1n) is 8.54. The average molecular weight is 406 g/mol. The smallest absolute Gasteiger partial charge is 0.338 e. The highest BCUT2D eigenvalue weighted by molar-refractivity contribution is 6.31. The summed E-state index contributed by atoms with van der Waals surface area (Å²) in [5, 5.41) is 3.87. The standard InChI is InChI=1S/C20H20ClNO6/c1-20(2,3)22-15-12(18(24)26-4)13(19(25)27-5)17-14(15)16(23)10-8-9(21)6-7-11(10)28-17/h6-8,12,22H,1-5H3. The number of halogens is 1. The van der Waals surface area contributed by atoms with Crippen LogP contribution in [-0.4, -0.2) is 31.7 Å². The van der Waals surface area contributed by atoms with Gasteiger partial charge in [0, 0.05) is 16.3 Å². The predicted molar refractivity (Wildman–Crippen MR) is 104 cm³/mol. The molecule has 0 saturated carbocycles. The molecule has 0 radical (unpaired) electrons. The largest absolute Gasteiger partial charge is 0.468 e. The lowest BCUT2D eigenvalue weighted by Crippen LogP contribution is -2.45. The lowest BCUT2D eigenvalue weighted by atomic mass is 9.97. The molecule has 1 unspecified atom stereocenters. The minimum Gasteiger partial charge on any atom is -0.468 e. The highest BCUT2D eigenvalue weighted by Gasteiger charge is 2.41. The Morgan fingerprint density at radius 1 is 1.18 bits per heavy atom. The molecule has 148 valence electrons. The Hall–Kier alpha value is -2.80. The first kappa shape index (κ1) is 19.9. The molecule has 28 heavy (non-hydrogen) atoms. The molecule has 1 heterocycles. The van der Waals surface area contributed by atoms with Crippen LogP contribution >= 0.6 is 11.6 Å². The second kappa shape index (κ2) is 6.98. The Bertz CT molecular complexity index is 1170. The molecule has 1 aliphatic rings. The van der Waals surface area contributed by atoms with Gasteiger partial charge in [0.05, 0.1) is 24.8 Å². The number of ether oxygens (including phenoxy) is 2. The first-order chi connectivity index (χ1) is 13.1. The zero-order valence-corrected chi connectivity index (χ0v) is 16.9. The summed E-state index contributed by atoms with van der Waals surface area (Å²) < 4.78 is 15.6. The third-order valence-corrected chi connectivity index (χ3v) is 4.53. The summed E-state index contributed by atoms with van der Waals surface area (Å²) in [6.45, 7) is 5.59. The number of hydrogen-bond acceptors (Lipinski definition) is 7. The van der Waals surface area contributed by atoms with Gasteiger partial charge in [-0.3, -0.25) is 9.59 Å². The van der Waals surface area contributed by atoms with Crippen LogP contribution in [-0.2, 0) is 19.1 Å². The van der Waals surface area contributed by atoms with Gasteiger partial charge in [-0.1, -0.05) is 11.6 Å². The van der Waals surface area contributed by atoms with E-state index in [1.807, 2.05) is 20.8 Å². The van der Waals surface area contributed by atoms with Gasteiger partial charge in [0.1, 0.15) is 17.1 Å². The van der Waals surface area contributed by atoms with E-state index >= 15 is 0 Å². The number of methoxy groups -OCH3 is 2. The minimum absolute atomic E-state index is 0.00572. The van der Waals surface area contributed by atoms with Crippen LogP contribution in [0.1, 0.15) is 20.8 Å². The maximum atomic E-state index is 13.3. The second-order valence-electron chi connectivity index (χ2n) is 7.43. The first-order valence-corrected chi connectivity index (χ1v) is 8.92. The Labute approximate surface area is 165 Å². The molecule has 0 saturated heterocycles. The van der Waals surface area contributed by atoms with Gasteiger partial charge in [-0.05, 0) is 39.0 Å². The van der Waals surface area contributed by atoms with Crippen molar-refractivity contribution in [3.63, 3.8) is 0 Å². The molecule has 0 aliphatic heterocycles. The topological polar surface area (TPSA) is 94.8 Å². The van der Waals surface area contributed by atoms with E-state index in [-0.39, 0.29) is 32.9 Å². The monoisotopic (exact) mass is 405 g/mol. The quantitative estimate of drug-likeness (QED) is 0.763. The van der Waals surface area contributed by atoms with Gasteiger partial charge in [0.15, 0.2) is 5.42 Å². The number of rotatable bonds is 3. The predicted octanol–water partition coefficient (Wildman–Crippen LogP) is 1.07. The summed E-state index contributed by atoms with van der Waals surface area (Å²) in [5.74, 6) is -2.66. The number of hydrogen-bond donors (Lipinski definition) is 1. The third kappa shape index (κ3) is 3.26. The van der Waals surface area contributed by atoms with Crippen LogP contribution in [0.4, 0.5) is 0 Å². The van der Waals surface area contributed by atoms with E-state index in [1.54, 1.807) is 6.07 Å². The molecular formula is C20H20ClNO6. The highest BCUT2D eigenvalue weighted by atomic mass is 35.5. The van der Waals surface area contributed by atoms with E-state index in [0.29, 0.717) is 5.02 Å². The number of carbonyl (C=O) groups excluding carboxylic acids is 2. The van der Waals surface area contributed by atoms with Gasteiger partial charge in [0.2, 0.25) is 5.43 Å². The van der Waals surface area contributed by atoms with E-state index in [1.165, 1.54) is 26.4 Å². The van der Waals surface area contributed by atoms with Gasteiger partial charge in [-0.15, -0.1) is 0 Å². The third-order valence-electron chi connectivity index (χ3n) is 4.30. The summed E-state index contributed by atoms with van der Waals surface area (Å²) in [6, 6.07) is 4.60. The highest BCUT2D eigenvalue weighted by Crippen LogP contribution is 2.27. The van der Waals surface area contributed by atoms with Crippen LogP contribution in [0.25, 0.3) is 22.2 Å². The molecule has 0 amide bonds. The van der Waals surface area contributed by atoms with Crippen LogP contribution in [0.3, 0.4) is 0 Å². The number of benzene rings is 1. The molecule has 0 bridgehead atoms. The molecule has 0 fully saturated rings. The van der Waals surface area contributed by atoms with Gasteiger partial charge in [-0.25, -0.2) is 4.79 Å². The SMILES string of the molecule is COC(=O)C1=c2oc3ccc(Cl)cc3c(=O)c2=C(NC(C)(C)C)C1C(=O)OC. The molecule has 3 rings (SSSR count). The van der Waals surface area contributed by atoms with Crippen LogP contribution in [0.15, 0.2) is 27.4 Å². The maximum Gasteiger partial charge on any atom is 0.338 e. The summed E-state index contributed by atoms with van der Waals surface area (Å²) in [7, 11) is 2.40. The zero-order valence-electron chi connectivity index (χ0n) is 16.1. The van der Waals surface area contributed by atoms with E-state index in [9.17, 15) is 14.4 Å². The van der Waals surface area contributed by atoms with Crippen molar-refractivity contribution in [3.8, 4) is 0 Å². The van der Waals surface area contributed by atoms with E-state index in [0.717, 1.165) is 0 Å². The molecule has 1 atom stereocenters. The number of esters is 2. The zero-order chi connectivity index (χ0) is 20.8. The van der Waals surface area contributed by atoms with Crippen LogP contribution < -0.4 is 21.4 Å². The van der Waals surface area contributed by atoms with Crippen molar-refractivity contribution in [2.45, 2.75) is 26.3 Å². The molecule has 1 aliphatic carbocycles. The lowest BCUT2D eigenvalue weighted by molar-refractivity contribution is -0.144.